The Kier molecular flexibility index (Phi) is 4.20. The van der Waals surface area contributed by atoms with Crippen LogP contribution in [0.15, 0.2) is 18.2 Å². The van der Waals surface area contributed by atoms with Crippen LogP contribution in [-0.4, -0.2) is 32.5 Å². The molecule has 1 fully saturated rings. The molecule has 1 aliphatic heterocycles. The van der Waals surface area contributed by atoms with Gasteiger partial charge in [-0.2, -0.15) is 0 Å². The molecule has 1 heterocycles. The van der Waals surface area contributed by atoms with Gasteiger partial charge < -0.3 is 19.5 Å². The number of hydrogen-bond donors (Lipinski definition) is 1. The van der Waals surface area contributed by atoms with Gasteiger partial charge in [-0.15, -0.1) is 0 Å². The van der Waals surface area contributed by atoms with Gasteiger partial charge in [-0.1, -0.05) is 0 Å². The van der Waals surface area contributed by atoms with Crippen molar-refractivity contribution in [1.29, 1.82) is 0 Å². The largest absolute Gasteiger partial charge is 0.497 e. The Balaban J connectivity index is 1.98. The first kappa shape index (κ1) is 14.0. The summed E-state index contributed by atoms with van der Waals surface area (Å²) in [7, 11) is 3.33. The Hall–Kier alpha value is -1.42. The fraction of sp³-hybridized carbons (Fsp3) is 0.600. The van der Waals surface area contributed by atoms with Gasteiger partial charge in [0.15, 0.2) is 0 Å². The quantitative estimate of drug-likeness (QED) is 0.888. The summed E-state index contributed by atoms with van der Waals surface area (Å²) in [5.74, 6) is 1.63. The lowest BCUT2D eigenvalue weighted by molar-refractivity contribution is -0.00912. The zero-order chi connectivity index (χ0) is 13.9. The van der Waals surface area contributed by atoms with Crippen LogP contribution in [0.3, 0.4) is 0 Å². The Morgan fingerprint density at radius 2 is 2.11 bits per heavy atom. The lowest BCUT2D eigenvalue weighted by Gasteiger charge is -2.20. The SMILES string of the molecule is COc1ccc(OC)c(NCC2CCC(C)(C)O2)c1. The average Bonchev–Trinajstić information content (AvgIpc) is 2.75. The second-order valence-electron chi connectivity index (χ2n) is 5.49. The Morgan fingerprint density at radius 1 is 1.32 bits per heavy atom. The number of nitrogens with one attached hydrogen (secondary N) is 1. The van der Waals surface area contributed by atoms with Gasteiger partial charge in [0.1, 0.15) is 11.5 Å². The van der Waals surface area contributed by atoms with Crippen LogP contribution in [-0.2, 0) is 4.74 Å². The van der Waals surface area contributed by atoms with Crippen molar-refractivity contribution in [1.82, 2.24) is 0 Å². The van der Waals surface area contributed by atoms with Gasteiger partial charge in [0.2, 0.25) is 0 Å². The minimum absolute atomic E-state index is 0.00477. The first-order valence-electron chi connectivity index (χ1n) is 6.68. The Bertz CT molecular complexity index is 431. The monoisotopic (exact) mass is 265 g/mol. The third-order valence-corrected chi connectivity index (χ3v) is 3.48. The molecular formula is C15H23NO3. The van der Waals surface area contributed by atoms with Gasteiger partial charge in [-0.25, -0.2) is 0 Å². The molecule has 0 aromatic heterocycles. The number of methoxy groups -OCH3 is 2. The molecule has 1 saturated heterocycles. The first-order chi connectivity index (χ1) is 9.04. The van der Waals surface area contributed by atoms with Crippen LogP contribution in [0, 0.1) is 0 Å². The molecule has 0 amide bonds. The molecule has 1 atom stereocenters. The highest BCUT2D eigenvalue weighted by atomic mass is 16.5. The predicted molar refractivity (Wildman–Crippen MR) is 76.2 cm³/mol. The Morgan fingerprint density at radius 3 is 2.68 bits per heavy atom. The van der Waals surface area contributed by atoms with Gasteiger partial charge in [-0.05, 0) is 38.8 Å². The molecule has 1 aromatic carbocycles. The van der Waals surface area contributed by atoms with Gasteiger partial charge in [0.05, 0.1) is 31.6 Å². The van der Waals surface area contributed by atoms with Crippen LogP contribution < -0.4 is 14.8 Å². The predicted octanol–water partition coefficient (Wildman–Crippen LogP) is 3.07. The van der Waals surface area contributed by atoms with Crippen LogP contribution in [0.1, 0.15) is 26.7 Å². The molecule has 0 saturated carbocycles. The van der Waals surface area contributed by atoms with Crippen LogP contribution in [0.2, 0.25) is 0 Å². The van der Waals surface area contributed by atoms with Crippen molar-refractivity contribution in [3.8, 4) is 11.5 Å². The van der Waals surface area contributed by atoms with E-state index >= 15 is 0 Å². The van der Waals surface area contributed by atoms with Crippen LogP contribution in [0.25, 0.3) is 0 Å². The summed E-state index contributed by atoms with van der Waals surface area (Å²) in [6, 6.07) is 5.73. The fourth-order valence-corrected chi connectivity index (χ4v) is 2.40. The van der Waals surface area contributed by atoms with Crippen molar-refractivity contribution >= 4 is 5.69 Å². The highest BCUT2D eigenvalue weighted by Crippen LogP contribution is 2.32. The molecule has 4 nitrogen and oxygen atoms in total. The standard InChI is InChI=1S/C15H23NO3/c1-15(2)8-7-12(19-15)10-16-13-9-11(17-3)5-6-14(13)18-4/h5-6,9,12,16H,7-8,10H2,1-4H3. The second-order valence-corrected chi connectivity index (χ2v) is 5.49. The summed E-state index contributed by atoms with van der Waals surface area (Å²) in [6.45, 7) is 5.06. The minimum atomic E-state index is 0.00477. The van der Waals surface area contributed by atoms with Crippen molar-refractivity contribution in [2.24, 2.45) is 0 Å². The van der Waals surface area contributed by atoms with Crippen molar-refractivity contribution in [2.75, 3.05) is 26.1 Å². The topological polar surface area (TPSA) is 39.7 Å². The lowest BCUT2D eigenvalue weighted by Crippen LogP contribution is -2.24. The third-order valence-electron chi connectivity index (χ3n) is 3.48. The molecule has 0 radical (unpaired) electrons. The van der Waals surface area contributed by atoms with E-state index in [0.29, 0.717) is 0 Å². The fourth-order valence-electron chi connectivity index (χ4n) is 2.40. The molecule has 1 aliphatic rings. The molecule has 1 aromatic rings. The van der Waals surface area contributed by atoms with Crippen LogP contribution in [0.4, 0.5) is 5.69 Å². The molecule has 1 N–H and O–H groups in total. The smallest absolute Gasteiger partial charge is 0.142 e. The average molecular weight is 265 g/mol. The summed E-state index contributed by atoms with van der Waals surface area (Å²) in [6.07, 6.45) is 2.45. The van der Waals surface area contributed by atoms with E-state index in [1.807, 2.05) is 18.2 Å². The maximum atomic E-state index is 5.97. The number of hydrogen-bond acceptors (Lipinski definition) is 4. The number of anilines is 1. The molecule has 0 spiro atoms. The van der Waals surface area contributed by atoms with Gasteiger partial charge in [-0.3, -0.25) is 0 Å². The number of rotatable bonds is 5. The van der Waals surface area contributed by atoms with Crippen LogP contribution >= 0.6 is 0 Å². The summed E-state index contributed by atoms with van der Waals surface area (Å²) in [5.41, 5.74) is 0.945. The highest BCUT2D eigenvalue weighted by molar-refractivity contribution is 5.59. The first-order valence-corrected chi connectivity index (χ1v) is 6.68. The van der Waals surface area contributed by atoms with E-state index in [-0.39, 0.29) is 11.7 Å². The van der Waals surface area contributed by atoms with Gasteiger partial charge >= 0.3 is 0 Å². The summed E-state index contributed by atoms with van der Waals surface area (Å²) >= 11 is 0. The third kappa shape index (κ3) is 3.53. The molecule has 4 heteroatoms. The number of ether oxygens (including phenoxy) is 3. The summed E-state index contributed by atoms with van der Waals surface area (Å²) in [4.78, 5) is 0. The maximum Gasteiger partial charge on any atom is 0.142 e. The zero-order valence-corrected chi connectivity index (χ0v) is 12.2. The molecule has 19 heavy (non-hydrogen) atoms. The molecule has 0 aliphatic carbocycles. The normalized spacial score (nSPS) is 21.2. The van der Waals surface area contributed by atoms with Crippen molar-refractivity contribution in [3.63, 3.8) is 0 Å². The molecule has 0 bridgehead atoms. The van der Waals surface area contributed by atoms with E-state index in [9.17, 15) is 0 Å². The minimum Gasteiger partial charge on any atom is -0.497 e. The van der Waals surface area contributed by atoms with Crippen molar-refractivity contribution in [3.05, 3.63) is 18.2 Å². The van der Waals surface area contributed by atoms with Gasteiger partial charge in [0, 0.05) is 12.6 Å². The summed E-state index contributed by atoms with van der Waals surface area (Å²) in [5, 5.41) is 3.39. The van der Waals surface area contributed by atoms with E-state index in [2.05, 4.69) is 19.2 Å². The Labute approximate surface area is 115 Å². The lowest BCUT2D eigenvalue weighted by atomic mass is 10.1. The number of benzene rings is 1. The van der Waals surface area contributed by atoms with Crippen molar-refractivity contribution in [2.45, 2.75) is 38.4 Å². The highest BCUT2D eigenvalue weighted by Gasteiger charge is 2.31. The molecule has 1 unspecified atom stereocenters. The summed E-state index contributed by atoms with van der Waals surface area (Å²) < 4.78 is 16.5. The molecule has 106 valence electrons. The van der Waals surface area contributed by atoms with E-state index in [1.54, 1.807) is 14.2 Å². The zero-order valence-electron chi connectivity index (χ0n) is 12.2. The molecular weight excluding hydrogens is 242 g/mol. The van der Waals surface area contributed by atoms with E-state index in [0.717, 1.165) is 36.6 Å². The van der Waals surface area contributed by atoms with E-state index < -0.39 is 0 Å². The molecule has 2 rings (SSSR count). The van der Waals surface area contributed by atoms with Gasteiger partial charge in [0.25, 0.3) is 0 Å². The van der Waals surface area contributed by atoms with Crippen LogP contribution in [0.5, 0.6) is 11.5 Å². The van der Waals surface area contributed by atoms with E-state index in [1.165, 1.54) is 0 Å². The van der Waals surface area contributed by atoms with E-state index in [4.69, 9.17) is 14.2 Å². The van der Waals surface area contributed by atoms with Crippen molar-refractivity contribution < 1.29 is 14.2 Å². The second kappa shape index (κ2) is 5.70. The maximum absolute atomic E-state index is 5.97.